The third-order valence-electron chi connectivity index (χ3n) is 2.50. The molecule has 0 bridgehead atoms. The Morgan fingerprint density at radius 2 is 2.19 bits per heavy atom. The van der Waals surface area contributed by atoms with E-state index in [2.05, 4.69) is 13.8 Å². The van der Waals surface area contributed by atoms with E-state index in [0.29, 0.717) is 11.0 Å². The van der Waals surface area contributed by atoms with Crippen LogP contribution in [0.1, 0.15) is 36.2 Å². The van der Waals surface area contributed by atoms with Gasteiger partial charge in [-0.25, -0.2) is 4.39 Å². The monoisotopic (exact) mass is 240 g/mol. The zero-order valence-electron chi connectivity index (χ0n) is 9.92. The van der Waals surface area contributed by atoms with Crippen molar-refractivity contribution in [1.82, 2.24) is 0 Å². The van der Waals surface area contributed by atoms with Crippen molar-refractivity contribution in [2.45, 2.75) is 32.4 Å². The van der Waals surface area contributed by atoms with Gasteiger partial charge in [0.2, 0.25) is 0 Å². The van der Waals surface area contributed by atoms with Crippen molar-refractivity contribution in [1.29, 1.82) is 0 Å². The van der Waals surface area contributed by atoms with E-state index in [1.165, 1.54) is 6.07 Å². The lowest BCUT2D eigenvalue weighted by Crippen LogP contribution is -2.08. The first kappa shape index (κ1) is 13.2. The Hall–Kier alpha value is -0.830. The molecule has 0 radical (unpaired) electrons. The summed E-state index contributed by atoms with van der Waals surface area (Å²) in [7, 11) is 0. The highest BCUT2D eigenvalue weighted by atomic mass is 32.2. The van der Waals surface area contributed by atoms with E-state index >= 15 is 0 Å². The van der Waals surface area contributed by atoms with Crippen LogP contribution < -0.4 is 0 Å². The van der Waals surface area contributed by atoms with Crippen LogP contribution in [-0.4, -0.2) is 16.8 Å². The lowest BCUT2D eigenvalue weighted by atomic mass is 10.1. The number of halogens is 1. The number of hydrogen-bond donors (Lipinski definition) is 0. The third-order valence-corrected chi connectivity index (χ3v) is 3.83. The molecule has 0 N–H and O–H groups in total. The molecular formula is C13H17FOS. The highest BCUT2D eigenvalue weighted by Crippen LogP contribution is 2.17. The van der Waals surface area contributed by atoms with E-state index < -0.39 is 5.82 Å². The average Bonchev–Trinajstić information content (AvgIpc) is 2.28. The molecule has 1 atom stereocenters. The summed E-state index contributed by atoms with van der Waals surface area (Å²) in [6.07, 6.45) is 1.02. The van der Waals surface area contributed by atoms with E-state index in [-0.39, 0.29) is 11.3 Å². The summed E-state index contributed by atoms with van der Waals surface area (Å²) < 4.78 is 13.4. The summed E-state index contributed by atoms with van der Waals surface area (Å²) in [5, 5.41) is 0.442. The summed E-state index contributed by atoms with van der Waals surface area (Å²) in [6, 6.07) is 4.65. The largest absolute Gasteiger partial charge is 0.293 e. The number of carbonyl (C=O) groups excluding carboxylic acids is 1. The van der Waals surface area contributed by atoms with Crippen LogP contribution in [0.4, 0.5) is 4.39 Å². The molecule has 3 heteroatoms. The van der Waals surface area contributed by atoms with E-state index in [9.17, 15) is 9.18 Å². The zero-order valence-corrected chi connectivity index (χ0v) is 10.7. The molecule has 0 saturated heterocycles. The van der Waals surface area contributed by atoms with Gasteiger partial charge in [0.1, 0.15) is 5.82 Å². The molecule has 0 aliphatic carbocycles. The molecule has 0 aliphatic rings. The molecule has 88 valence electrons. The minimum atomic E-state index is -0.416. The standard InChI is InChI=1S/C13H17FOS/c1-4-10(3)16-8-13(15)11-7-9(2)5-6-12(11)14/h5-7,10H,4,8H2,1-3H3. The van der Waals surface area contributed by atoms with Crippen LogP contribution in [0, 0.1) is 12.7 Å². The van der Waals surface area contributed by atoms with Gasteiger partial charge in [-0.15, -0.1) is 0 Å². The maximum absolute atomic E-state index is 13.4. The fraction of sp³-hybridized carbons (Fsp3) is 0.462. The smallest absolute Gasteiger partial charge is 0.175 e. The SMILES string of the molecule is CCC(C)SCC(=O)c1cc(C)ccc1F. The summed E-state index contributed by atoms with van der Waals surface area (Å²) >= 11 is 1.58. The van der Waals surface area contributed by atoms with E-state index in [0.717, 1.165) is 12.0 Å². The fourth-order valence-corrected chi connectivity index (χ4v) is 2.09. The van der Waals surface area contributed by atoms with E-state index in [1.54, 1.807) is 23.9 Å². The first-order valence-corrected chi connectivity index (χ1v) is 6.50. The Kier molecular flexibility index (Phi) is 5.00. The summed E-state index contributed by atoms with van der Waals surface area (Å²) in [6.45, 7) is 6.01. The number of aryl methyl sites for hydroxylation is 1. The van der Waals surface area contributed by atoms with Gasteiger partial charge in [0.25, 0.3) is 0 Å². The molecule has 0 amide bonds. The quantitative estimate of drug-likeness (QED) is 0.727. The van der Waals surface area contributed by atoms with Gasteiger partial charge in [0.15, 0.2) is 5.78 Å². The Labute approximate surface area is 100 Å². The first-order valence-electron chi connectivity index (χ1n) is 5.45. The summed E-state index contributed by atoms with van der Waals surface area (Å²) in [5.74, 6) is -0.179. The topological polar surface area (TPSA) is 17.1 Å². The molecule has 1 nitrogen and oxygen atoms in total. The number of rotatable bonds is 5. The normalized spacial score (nSPS) is 12.5. The first-order chi connectivity index (χ1) is 7.54. The van der Waals surface area contributed by atoms with E-state index in [4.69, 9.17) is 0 Å². The maximum Gasteiger partial charge on any atom is 0.175 e. The maximum atomic E-state index is 13.4. The summed E-state index contributed by atoms with van der Waals surface area (Å²) in [4.78, 5) is 11.8. The molecule has 0 fully saturated rings. The predicted octanol–water partition coefficient (Wildman–Crippen LogP) is 3.85. The zero-order chi connectivity index (χ0) is 12.1. The van der Waals surface area contributed by atoms with Gasteiger partial charge in [-0.05, 0) is 25.5 Å². The van der Waals surface area contributed by atoms with Gasteiger partial charge in [-0.2, -0.15) is 11.8 Å². The number of Topliss-reactive ketones (excluding diaryl/α,β-unsaturated/α-hetero) is 1. The van der Waals surface area contributed by atoms with Crippen molar-refractivity contribution in [2.24, 2.45) is 0 Å². The van der Waals surface area contributed by atoms with Crippen LogP contribution in [0.3, 0.4) is 0 Å². The fourth-order valence-electron chi connectivity index (χ4n) is 1.27. The molecule has 0 heterocycles. The number of carbonyl (C=O) groups is 1. The molecule has 1 unspecified atom stereocenters. The van der Waals surface area contributed by atoms with Gasteiger partial charge in [-0.1, -0.05) is 25.5 Å². The molecule has 0 spiro atoms. The Morgan fingerprint density at radius 1 is 1.50 bits per heavy atom. The molecule has 1 aromatic rings. The second-order valence-corrected chi connectivity index (χ2v) is 5.36. The lowest BCUT2D eigenvalue weighted by molar-refractivity contribution is 0.101. The Balaban J connectivity index is 2.69. The Bertz CT molecular complexity index is 376. The van der Waals surface area contributed by atoms with Crippen LogP contribution in [0.5, 0.6) is 0 Å². The van der Waals surface area contributed by atoms with Gasteiger partial charge in [-0.3, -0.25) is 4.79 Å². The average molecular weight is 240 g/mol. The van der Waals surface area contributed by atoms with Crippen molar-refractivity contribution in [2.75, 3.05) is 5.75 Å². The van der Waals surface area contributed by atoms with Crippen LogP contribution >= 0.6 is 11.8 Å². The molecular weight excluding hydrogens is 223 g/mol. The van der Waals surface area contributed by atoms with Crippen molar-refractivity contribution < 1.29 is 9.18 Å². The third kappa shape index (κ3) is 3.63. The van der Waals surface area contributed by atoms with Crippen molar-refractivity contribution >= 4 is 17.5 Å². The van der Waals surface area contributed by atoms with Crippen LogP contribution in [0.2, 0.25) is 0 Å². The van der Waals surface area contributed by atoms with Crippen molar-refractivity contribution in [3.63, 3.8) is 0 Å². The van der Waals surface area contributed by atoms with Gasteiger partial charge >= 0.3 is 0 Å². The van der Waals surface area contributed by atoms with Crippen LogP contribution in [-0.2, 0) is 0 Å². The molecule has 1 aromatic carbocycles. The van der Waals surface area contributed by atoms with Crippen molar-refractivity contribution in [3.05, 3.63) is 35.1 Å². The second kappa shape index (κ2) is 6.04. The van der Waals surface area contributed by atoms with Gasteiger partial charge in [0.05, 0.1) is 11.3 Å². The van der Waals surface area contributed by atoms with Crippen LogP contribution in [0.25, 0.3) is 0 Å². The second-order valence-electron chi connectivity index (χ2n) is 3.94. The van der Waals surface area contributed by atoms with E-state index in [1.807, 2.05) is 6.92 Å². The van der Waals surface area contributed by atoms with Gasteiger partial charge < -0.3 is 0 Å². The molecule has 0 saturated carbocycles. The number of ketones is 1. The number of thioether (sulfide) groups is 1. The molecule has 0 aromatic heterocycles. The molecule has 16 heavy (non-hydrogen) atoms. The highest BCUT2D eigenvalue weighted by molar-refractivity contribution is 8.00. The highest BCUT2D eigenvalue weighted by Gasteiger charge is 2.13. The van der Waals surface area contributed by atoms with Gasteiger partial charge in [0, 0.05) is 5.25 Å². The molecule has 1 rings (SSSR count). The summed E-state index contributed by atoms with van der Waals surface area (Å²) in [5.41, 5.74) is 1.13. The minimum absolute atomic E-state index is 0.119. The number of hydrogen-bond acceptors (Lipinski definition) is 2. The van der Waals surface area contributed by atoms with Crippen molar-refractivity contribution in [3.8, 4) is 0 Å². The Morgan fingerprint density at radius 3 is 2.81 bits per heavy atom. The number of benzene rings is 1. The lowest BCUT2D eigenvalue weighted by Gasteiger charge is -2.08. The predicted molar refractivity (Wildman–Crippen MR) is 67.7 cm³/mol. The van der Waals surface area contributed by atoms with Crippen LogP contribution in [0.15, 0.2) is 18.2 Å². The minimum Gasteiger partial charge on any atom is -0.293 e. The molecule has 0 aliphatic heterocycles.